The maximum atomic E-state index is 12.2. The standard InChI is InChI=1S/C30H27ClN4O2/c31-27-20-25(28(26(21-36)33-27)29(32)35-16-18-37-19-17-35)34-30(22-10-4-1-5-11-22,23-12-6-2-7-13-23)24-14-8-3-9-15-24/h1-15,20-21,32H,16-19H2,(H,33,34). The Bertz CT molecular complexity index is 1280. The number of nitrogens with zero attached hydrogens (tertiary/aromatic N) is 2. The molecule has 0 atom stereocenters. The molecule has 1 fully saturated rings. The van der Waals surface area contributed by atoms with Crippen molar-refractivity contribution in [3.8, 4) is 0 Å². The van der Waals surface area contributed by atoms with Crippen LogP contribution < -0.4 is 5.32 Å². The third-order valence-electron chi connectivity index (χ3n) is 6.63. The Kier molecular flexibility index (Phi) is 7.30. The van der Waals surface area contributed by atoms with Crippen molar-refractivity contribution >= 4 is 29.4 Å². The third-order valence-corrected chi connectivity index (χ3v) is 6.83. The van der Waals surface area contributed by atoms with E-state index in [1.165, 1.54) is 0 Å². The highest BCUT2D eigenvalue weighted by atomic mass is 35.5. The Morgan fingerprint density at radius 2 is 1.38 bits per heavy atom. The molecule has 1 saturated heterocycles. The number of rotatable bonds is 7. The number of aromatic nitrogens is 1. The first-order valence-corrected chi connectivity index (χ1v) is 12.5. The predicted molar refractivity (Wildman–Crippen MR) is 147 cm³/mol. The van der Waals surface area contributed by atoms with E-state index in [0.717, 1.165) is 16.7 Å². The first kappa shape index (κ1) is 24.7. The normalized spacial score (nSPS) is 13.7. The van der Waals surface area contributed by atoms with Gasteiger partial charge in [0.05, 0.1) is 24.5 Å². The molecule has 1 aliphatic heterocycles. The van der Waals surface area contributed by atoms with Gasteiger partial charge >= 0.3 is 0 Å². The van der Waals surface area contributed by atoms with Crippen molar-refractivity contribution in [2.24, 2.45) is 0 Å². The second-order valence-corrected chi connectivity index (χ2v) is 9.18. The van der Waals surface area contributed by atoms with Crippen LogP contribution >= 0.6 is 11.6 Å². The van der Waals surface area contributed by atoms with Gasteiger partial charge in [-0.3, -0.25) is 10.2 Å². The zero-order valence-electron chi connectivity index (χ0n) is 20.2. The number of aldehydes is 1. The molecule has 0 bridgehead atoms. The Balaban J connectivity index is 1.77. The van der Waals surface area contributed by atoms with Gasteiger partial charge in [-0.05, 0) is 22.8 Å². The number of pyridine rings is 1. The average Bonchev–Trinajstić information content (AvgIpc) is 2.97. The van der Waals surface area contributed by atoms with E-state index in [0.29, 0.717) is 43.8 Å². The molecule has 2 heterocycles. The van der Waals surface area contributed by atoms with Gasteiger partial charge in [0, 0.05) is 13.1 Å². The summed E-state index contributed by atoms with van der Waals surface area (Å²) in [5.74, 6) is 0.208. The van der Waals surface area contributed by atoms with Gasteiger partial charge in [0.25, 0.3) is 0 Å². The van der Waals surface area contributed by atoms with E-state index < -0.39 is 5.54 Å². The highest BCUT2D eigenvalue weighted by molar-refractivity contribution is 6.30. The average molecular weight is 511 g/mol. The van der Waals surface area contributed by atoms with Gasteiger partial charge < -0.3 is 15.0 Å². The third kappa shape index (κ3) is 4.86. The second-order valence-electron chi connectivity index (χ2n) is 8.79. The maximum Gasteiger partial charge on any atom is 0.169 e. The molecule has 0 amide bonds. The van der Waals surface area contributed by atoms with Gasteiger partial charge in [-0.15, -0.1) is 0 Å². The molecular weight excluding hydrogens is 484 g/mol. The molecule has 7 heteroatoms. The van der Waals surface area contributed by atoms with E-state index in [9.17, 15) is 4.79 Å². The van der Waals surface area contributed by atoms with Crippen molar-refractivity contribution in [3.05, 3.63) is 130 Å². The topological polar surface area (TPSA) is 78.3 Å². The first-order valence-electron chi connectivity index (χ1n) is 12.2. The molecule has 0 saturated carbocycles. The number of hydrogen-bond acceptors (Lipinski definition) is 5. The molecule has 37 heavy (non-hydrogen) atoms. The van der Waals surface area contributed by atoms with Crippen LogP contribution in [0.5, 0.6) is 0 Å². The fourth-order valence-corrected chi connectivity index (χ4v) is 5.09. The van der Waals surface area contributed by atoms with Gasteiger partial charge in [-0.1, -0.05) is 103 Å². The van der Waals surface area contributed by atoms with Crippen LogP contribution in [0.1, 0.15) is 32.7 Å². The number of nitrogens with one attached hydrogen (secondary N) is 2. The number of ether oxygens (including phenoxy) is 1. The number of amidine groups is 1. The molecule has 1 aromatic heterocycles. The van der Waals surface area contributed by atoms with E-state index in [1.807, 2.05) is 59.5 Å². The van der Waals surface area contributed by atoms with Gasteiger partial charge in [0.2, 0.25) is 0 Å². The molecule has 4 aromatic rings. The van der Waals surface area contributed by atoms with E-state index in [2.05, 4.69) is 46.7 Å². The Morgan fingerprint density at radius 3 is 1.84 bits per heavy atom. The minimum atomic E-state index is -0.853. The number of anilines is 1. The van der Waals surface area contributed by atoms with Crippen molar-refractivity contribution in [3.63, 3.8) is 0 Å². The van der Waals surface area contributed by atoms with E-state index in [-0.39, 0.29) is 16.7 Å². The molecule has 1 aliphatic rings. The molecule has 3 aromatic carbocycles. The number of benzene rings is 3. The fraction of sp³-hybridized carbons (Fsp3) is 0.167. The van der Waals surface area contributed by atoms with Crippen molar-refractivity contribution in [1.29, 1.82) is 5.41 Å². The lowest BCUT2D eigenvalue weighted by Gasteiger charge is -2.39. The lowest BCUT2D eigenvalue weighted by molar-refractivity contribution is 0.0679. The molecule has 0 unspecified atom stereocenters. The minimum absolute atomic E-state index is 0.120. The molecule has 0 radical (unpaired) electrons. The van der Waals surface area contributed by atoms with Crippen LogP contribution in [0, 0.1) is 5.41 Å². The summed E-state index contributed by atoms with van der Waals surface area (Å²) in [6.07, 6.45) is 0.663. The lowest BCUT2D eigenvalue weighted by Crippen LogP contribution is -2.43. The minimum Gasteiger partial charge on any atom is -0.378 e. The summed E-state index contributed by atoms with van der Waals surface area (Å²) in [5, 5.41) is 13.0. The fourth-order valence-electron chi connectivity index (χ4n) is 4.89. The lowest BCUT2D eigenvalue weighted by atomic mass is 9.76. The highest BCUT2D eigenvalue weighted by Gasteiger charge is 2.38. The number of carbonyl (C=O) groups is 1. The quantitative estimate of drug-likeness (QED) is 0.111. The monoisotopic (exact) mass is 510 g/mol. The summed E-state index contributed by atoms with van der Waals surface area (Å²) >= 11 is 6.44. The summed E-state index contributed by atoms with van der Waals surface area (Å²) in [7, 11) is 0. The molecule has 186 valence electrons. The zero-order valence-corrected chi connectivity index (χ0v) is 21.0. The molecule has 6 nitrogen and oxygen atoms in total. The summed E-state index contributed by atoms with van der Waals surface area (Å²) in [4.78, 5) is 18.4. The van der Waals surface area contributed by atoms with Crippen LogP contribution in [-0.2, 0) is 10.3 Å². The molecule has 2 N–H and O–H groups in total. The van der Waals surface area contributed by atoms with Crippen LogP contribution in [0.15, 0.2) is 97.1 Å². The Morgan fingerprint density at radius 1 is 0.892 bits per heavy atom. The SMILES string of the molecule is N=C(c1c(NC(c2ccccc2)(c2ccccc2)c2ccccc2)cc(Cl)nc1C=O)N1CCOCC1. The molecular formula is C30H27ClN4O2. The molecule has 0 aliphatic carbocycles. The number of carbonyl (C=O) groups excluding carboxylic acids is 1. The Hall–Kier alpha value is -4.00. The molecule has 5 rings (SSSR count). The van der Waals surface area contributed by atoms with Crippen molar-refractivity contribution in [1.82, 2.24) is 9.88 Å². The van der Waals surface area contributed by atoms with Crippen LogP contribution in [0.3, 0.4) is 0 Å². The number of hydrogen-bond donors (Lipinski definition) is 2. The summed E-state index contributed by atoms with van der Waals surface area (Å²) in [5.41, 5.74) is 3.22. The van der Waals surface area contributed by atoms with E-state index >= 15 is 0 Å². The largest absolute Gasteiger partial charge is 0.378 e. The first-order chi connectivity index (χ1) is 18.1. The van der Waals surface area contributed by atoms with Gasteiger partial charge in [0.1, 0.15) is 22.2 Å². The van der Waals surface area contributed by atoms with Crippen LogP contribution in [0.4, 0.5) is 5.69 Å². The van der Waals surface area contributed by atoms with Crippen molar-refractivity contribution in [2.45, 2.75) is 5.54 Å². The van der Waals surface area contributed by atoms with Crippen molar-refractivity contribution < 1.29 is 9.53 Å². The van der Waals surface area contributed by atoms with Gasteiger partial charge in [0.15, 0.2) is 6.29 Å². The summed E-state index contributed by atoms with van der Waals surface area (Å²) in [6, 6.07) is 32.1. The van der Waals surface area contributed by atoms with Crippen LogP contribution in [-0.4, -0.2) is 48.3 Å². The van der Waals surface area contributed by atoms with Crippen LogP contribution in [0.2, 0.25) is 5.15 Å². The number of halogens is 1. The van der Waals surface area contributed by atoms with Crippen molar-refractivity contribution in [2.75, 3.05) is 31.6 Å². The smallest absolute Gasteiger partial charge is 0.169 e. The van der Waals surface area contributed by atoms with E-state index in [4.69, 9.17) is 21.7 Å². The number of morpholine rings is 1. The van der Waals surface area contributed by atoms with Gasteiger partial charge in [-0.2, -0.15) is 0 Å². The summed E-state index contributed by atoms with van der Waals surface area (Å²) < 4.78 is 5.49. The maximum absolute atomic E-state index is 12.2. The highest BCUT2D eigenvalue weighted by Crippen LogP contribution is 2.41. The van der Waals surface area contributed by atoms with Gasteiger partial charge in [-0.25, -0.2) is 4.98 Å². The second kappa shape index (κ2) is 10.9. The zero-order chi connectivity index (χ0) is 25.7. The van der Waals surface area contributed by atoms with E-state index in [1.54, 1.807) is 6.07 Å². The summed E-state index contributed by atoms with van der Waals surface area (Å²) in [6.45, 7) is 2.15. The Labute approximate surface area is 221 Å². The molecule has 0 spiro atoms. The predicted octanol–water partition coefficient (Wildman–Crippen LogP) is 5.61. The van der Waals surface area contributed by atoms with Crippen LogP contribution in [0.25, 0.3) is 0 Å².